The van der Waals surface area contributed by atoms with Crippen molar-refractivity contribution < 1.29 is 45.8 Å². The van der Waals surface area contributed by atoms with Crippen LogP contribution in [-0.4, -0.2) is 36.9 Å². The number of carbonyl (C=O) groups excluding carboxylic acids is 1. The number of amides is 1. The summed E-state index contributed by atoms with van der Waals surface area (Å²) < 4.78 is 79.2. The normalized spacial score (nSPS) is 16.1. The number of halogens is 3. The van der Waals surface area contributed by atoms with Gasteiger partial charge >= 0.3 is 12.5 Å². The number of nitrogens with zero attached hydrogens (tertiary/aromatic N) is 1. The van der Waals surface area contributed by atoms with Crippen LogP contribution in [0.1, 0.15) is 17.4 Å². The van der Waals surface area contributed by atoms with Crippen LogP contribution in [-0.2, 0) is 21.2 Å². The van der Waals surface area contributed by atoms with Gasteiger partial charge in [-0.15, -0.1) is 13.2 Å². The Balaban J connectivity index is 1.53. The van der Waals surface area contributed by atoms with E-state index in [4.69, 9.17) is 14.7 Å². The lowest BCUT2D eigenvalue weighted by atomic mass is 10.00. The van der Waals surface area contributed by atoms with Gasteiger partial charge in [-0.05, 0) is 60.5 Å². The van der Waals surface area contributed by atoms with Crippen LogP contribution in [0.5, 0.6) is 17.2 Å². The molecule has 0 aromatic heterocycles. The smallest absolute Gasteiger partial charge is 0.457 e. The van der Waals surface area contributed by atoms with E-state index in [9.17, 15) is 26.4 Å². The van der Waals surface area contributed by atoms with Crippen LogP contribution in [0.25, 0.3) is 0 Å². The number of ether oxygens (including phenoxy) is 3. The Bertz CT molecular complexity index is 1330. The van der Waals surface area contributed by atoms with E-state index >= 15 is 0 Å². The van der Waals surface area contributed by atoms with Crippen molar-refractivity contribution >= 4 is 16.1 Å². The first-order valence-corrected chi connectivity index (χ1v) is 11.8. The molecular weight excluding hydrogens is 505 g/mol. The molecular formula is C23H19F3N2O7S. The summed E-state index contributed by atoms with van der Waals surface area (Å²) in [6.07, 6.45) is -6.95. The average molecular weight is 524 g/mol. The fourth-order valence-corrected chi connectivity index (χ4v) is 5.15. The van der Waals surface area contributed by atoms with E-state index in [1.54, 1.807) is 24.3 Å². The first-order valence-electron chi connectivity index (χ1n) is 10.4. The first kappa shape index (κ1) is 25.3. The van der Waals surface area contributed by atoms with Gasteiger partial charge < -0.3 is 14.2 Å². The van der Waals surface area contributed by atoms with Crippen molar-refractivity contribution in [1.29, 1.82) is 0 Å². The van der Waals surface area contributed by atoms with Gasteiger partial charge in [0.1, 0.15) is 17.2 Å². The van der Waals surface area contributed by atoms with Crippen LogP contribution in [0.4, 0.5) is 18.0 Å². The third kappa shape index (κ3) is 5.70. The molecule has 3 aromatic carbocycles. The van der Waals surface area contributed by atoms with Crippen molar-refractivity contribution in [3.63, 3.8) is 0 Å². The molecule has 2 N–H and O–H groups in total. The average Bonchev–Trinajstić information content (AvgIpc) is 2.84. The predicted molar refractivity (Wildman–Crippen MR) is 118 cm³/mol. The van der Waals surface area contributed by atoms with Crippen molar-refractivity contribution in [2.24, 2.45) is 0 Å². The molecule has 0 spiro atoms. The number of hydrogen-bond donors (Lipinski definition) is 2. The number of hydroxylamine groups is 1. The van der Waals surface area contributed by atoms with Crippen molar-refractivity contribution in [3.8, 4) is 17.2 Å². The summed E-state index contributed by atoms with van der Waals surface area (Å²) >= 11 is 0. The maximum absolute atomic E-state index is 13.4. The van der Waals surface area contributed by atoms with Gasteiger partial charge in [0.25, 0.3) is 0 Å². The number of alkyl halides is 3. The lowest BCUT2D eigenvalue weighted by Gasteiger charge is -2.35. The Morgan fingerprint density at radius 3 is 2.14 bits per heavy atom. The van der Waals surface area contributed by atoms with E-state index in [1.165, 1.54) is 41.9 Å². The van der Waals surface area contributed by atoms with Crippen LogP contribution >= 0.6 is 0 Å². The molecule has 0 bridgehead atoms. The standard InChI is InChI=1S/C23H19F3N2O7S/c24-23(25,26)35-18-7-5-16(6-8-18)33-17-9-11-19(12-10-17)36(31,32)28-14-13-15-3-1-2-4-20(15)21(28)34-22(29)27-30/h1-12,21,30H,13-14H2,(H,27,29). The second kappa shape index (κ2) is 10.0. The molecule has 3 aromatic rings. The number of nitrogens with one attached hydrogen (secondary N) is 1. The highest BCUT2D eigenvalue weighted by molar-refractivity contribution is 7.89. The SMILES string of the molecule is O=C(NO)OC1c2ccccc2CCN1S(=O)(=O)c1ccc(Oc2ccc(OC(F)(F)F)cc2)cc1. The molecule has 1 atom stereocenters. The zero-order valence-electron chi connectivity index (χ0n) is 18.3. The van der Waals surface area contributed by atoms with E-state index < -0.39 is 34.5 Å². The summed E-state index contributed by atoms with van der Waals surface area (Å²) in [5.41, 5.74) is 2.60. The topological polar surface area (TPSA) is 114 Å². The molecule has 1 aliphatic rings. The van der Waals surface area contributed by atoms with Gasteiger partial charge in [-0.3, -0.25) is 5.21 Å². The fraction of sp³-hybridized carbons (Fsp3) is 0.174. The molecule has 0 saturated heterocycles. The highest BCUT2D eigenvalue weighted by Crippen LogP contribution is 2.36. The Labute approximate surface area is 203 Å². The third-order valence-electron chi connectivity index (χ3n) is 5.22. The summed E-state index contributed by atoms with van der Waals surface area (Å²) in [6.45, 7) is 0.0211. The monoisotopic (exact) mass is 524 g/mol. The van der Waals surface area contributed by atoms with Crippen LogP contribution < -0.4 is 15.0 Å². The molecule has 0 fully saturated rings. The highest BCUT2D eigenvalue weighted by Gasteiger charge is 2.39. The molecule has 190 valence electrons. The van der Waals surface area contributed by atoms with Crippen molar-refractivity contribution in [2.75, 3.05) is 6.54 Å². The van der Waals surface area contributed by atoms with Gasteiger partial charge in [-0.2, -0.15) is 4.31 Å². The van der Waals surface area contributed by atoms with E-state index in [-0.39, 0.29) is 22.9 Å². The molecule has 13 heteroatoms. The Morgan fingerprint density at radius 2 is 1.53 bits per heavy atom. The van der Waals surface area contributed by atoms with Gasteiger partial charge in [-0.1, -0.05) is 24.3 Å². The van der Waals surface area contributed by atoms with Crippen molar-refractivity contribution in [2.45, 2.75) is 23.9 Å². The molecule has 1 aliphatic heterocycles. The Kier molecular flexibility index (Phi) is 7.06. The summed E-state index contributed by atoms with van der Waals surface area (Å²) in [5, 5.41) is 8.87. The zero-order valence-corrected chi connectivity index (χ0v) is 19.1. The minimum absolute atomic E-state index is 0.0211. The quantitative estimate of drug-likeness (QED) is 0.354. The molecule has 0 saturated carbocycles. The zero-order chi connectivity index (χ0) is 25.9. The molecule has 9 nitrogen and oxygen atoms in total. The van der Waals surface area contributed by atoms with Crippen LogP contribution in [0.15, 0.2) is 77.7 Å². The minimum Gasteiger partial charge on any atom is -0.457 e. The van der Waals surface area contributed by atoms with Crippen LogP contribution in [0.2, 0.25) is 0 Å². The van der Waals surface area contributed by atoms with Crippen LogP contribution in [0, 0.1) is 0 Å². The molecule has 36 heavy (non-hydrogen) atoms. The van der Waals surface area contributed by atoms with Gasteiger partial charge in [-0.25, -0.2) is 18.7 Å². The lowest BCUT2D eigenvalue weighted by molar-refractivity contribution is -0.274. The molecule has 1 amide bonds. The fourth-order valence-electron chi connectivity index (χ4n) is 3.66. The number of hydrogen-bond acceptors (Lipinski definition) is 7. The van der Waals surface area contributed by atoms with Gasteiger partial charge in [0.2, 0.25) is 10.0 Å². The highest BCUT2D eigenvalue weighted by atomic mass is 32.2. The summed E-state index contributed by atoms with van der Waals surface area (Å²) in [7, 11) is -4.15. The van der Waals surface area contributed by atoms with E-state index in [2.05, 4.69) is 4.74 Å². The van der Waals surface area contributed by atoms with Gasteiger partial charge in [0.05, 0.1) is 4.90 Å². The number of rotatable bonds is 6. The number of fused-ring (bicyclic) bond motifs is 1. The minimum atomic E-state index is -4.81. The van der Waals surface area contributed by atoms with E-state index in [1.807, 2.05) is 0 Å². The number of carbonyl (C=O) groups is 1. The second-order valence-corrected chi connectivity index (χ2v) is 9.42. The van der Waals surface area contributed by atoms with E-state index in [0.717, 1.165) is 22.0 Å². The second-order valence-electron chi connectivity index (χ2n) is 7.53. The van der Waals surface area contributed by atoms with Gasteiger partial charge in [0.15, 0.2) is 6.23 Å². The first-order chi connectivity index (χ1) is 17.1. The molecule has 1 heterocycles. The van der Waals surface area contributed by atoms with Crippen molar-refractivity contribution in [3.05, 3.63) is 83.9 Å². The Hall–Kier alpha value is -3.81. The maximum Gasteiger partial charge on any atom is 0.573 e. The summed E-state index contributed by atoms with van der Waals surface area (Å²) in [6, 6.07) is 16.9. The lowest BCUT2D eigenvalue weighted by Crippen LogP contribution is -2.43. The predicted octanol–water partition coefficient (Wildman–Crippen LogP) is 4.74. The van der Waals surface area contributed by atoms with Crippen molar-refractivity contribution in [1.82, 2.24) is 9.79 Å². The van der Waals surface area contributed by atoms with Crippen LogP contribution in [0.3, 0.4) is 0 Å². The maximum atomic E-state index is 13.4. The van der Waals surface area contributed by atoms with E-state index in [0.29, 0.717) is 12.0 Å². The van der Waals surface area contributed by atoms with Gasteiger partial charge in [0, 0.05) is 12.1 Å². The Morgan fingerprint density at radius 1 is 0.944 bits per heavy atom. The summed E-state index contributed by atoms with van der Waals surface area (Å²) in [5.74, 6) is 0.0252. The molecule has 4 rings (SSSR count). The number of sulfonamides is 1. The molecule has 0 aliphatic carbocycles. The number of benzene rings is 3. The summed E-state index contributed by atoms with van der Waals surface area (Å²) in [4.78, 5) is 11.6. The molecule has 0 radical (unpaired) electrons. The molecule has 1 unspecified atom stereocenters. The largest absolute Gasteiger partial charge is 0.573 e. The third-order valence-corrected chi connectivity index (χ3v) is 7.08.